The summed E-state index contributed by atoms with van der Waals surface area (Å²) in [5.74, 6) is 0.647. The summed E-state index contributed by atoms with van der Waals surface area (Å²) in [6.07, 6.45) is 0. The molecular formula is C18H31ClN2O3. The summed E-state index contributed by atoms with van der Waals surface area (Å²) in [5.41, 5.74) is 7.81. The Bertz CT molecular complexity index is 509. The van der Waals surface area contributed by atoms with Crippen molar-refractivity contribution in [1.82, 2.24) is 5.32 Å². The highest BCUT2D eigenvalue weighted by Gasteiger charge is 2.29. The van der Waals surface area contributed by atoms with Crippen LogP contribution < -0.4 is 15.8 Å². The van der Waals surface area contributed by atoms with E-state index in [0.717, 1.165) is 16.9 Å². The van der Waals surface area contributed by atoms with Crippen LogP contribution in [0, 0.1) is 19.3 Å². The lowest BCUT2D eigenvalue weighted by molar-refractivity contribution is -0.125. The fourth-order valence-electron chi connectivity index (χ4n) is 2.24. The van der Waals surface area contributed by atoms with Crippen molar-refractivity contribution in [2.24, 2.45) is 11.1 Å². The van der Waals surface area contributed by atoms with Crippen LogP contribution >= 0.6 is 12.4 Å². The zero-order valence-electron chi connectivity index (χ0n) is 15.5. The second-order valence-electron chi connectivity index (χ2n) is 7.02. The van der Waals surface area contributed by atoms with Crippen molar-refractivity contribution >= 4 is 18.3 Å². The average molecular weight is 359 g/mol. The van der Waals surface area contributed by atoms with E-state index in [9.17, 15) is 4.79 Å². The van der Waals surface area contributed by atoms with Crippen molar-refractivity contribution in [3.63, 3.8) is 0 Å². The largest absolute Gasteiger partial charge is 0.491 e. The lowest BCUT2D eigenvalue weighted by Gasteiger charge is -2.32. The summed E-state index contributed by atoms with van der Waals surface area (Å²) in [7, 11) is 1.53. The van der Waals surface area contributed by atoms with Gasteiger partial charge in [0.25, 0.3) is 0 Å². The van der Waals surface area contributed by atoms with Gasteiger partial charge in [-0.2, -0.15) is 0 Å². The third kappa shape index (κ3) is 6.67. The fourth-order valence-corrected chi connectivity index (χ4v) is 2.24. The predicted octanol–water partition coefficient (Wildman–Crippen LogP) is 2.61. The summed E-state index contributed by atoms with van der Waals surface area (Å²) < 4.78 is 10.9. The zero-order valence-corrected chi connectivity index (χ0v) is 16.3. The van der Waals surface area contributed by atoms with Crippen LogP contribution in [-0.4, -0.2) is 38.3 Å². The normalized spacial score (nSPS) is 13.6. The number of amides is 1. The van der Waals surface area contributed by atoms with Crippen LogP contribution in [0.3, 0.4) is 0 Å². The van der Waals surface area contributed by atoms with Gasteiger partial charge in [-0.05, 0) is 30.4 Å². The minimum absolute atomic E-state index is 0. The van der Waals surface area contributed by atoms with Crippen molar-refractivity contribution in [2.75, 3.05) is 20.3 Å². The molecular weight excluding hydrogens is 328 g/mol. The molecule has 0 aliphatic rings. The molecule has 1 amide bonds. The molecule has 5 nitrogen and oxygen atoms in total. The Hall–Kier alpha value is -1.30. The van der Waals surface area contributed by atoms with Crippen molar-refractivity contribution in [3.05, 3.63) is 29.3 Å². The van der Waals surface area contributed by atoms with Gasteiger partial charge in [-0.15, -0.1) is 12.4 Å². The molecule has 0 radical (unpaired) electrons. The highest BCUT2D eigenvalue weighted by Crippen LogP contribution is 2.25. The number of para-hydroxylation sites is 1. The standard InChI is InChI=1S/C18H30N2O3.ClH/c1-12-8-7-9-13(2)16(12)23-11-15(18(3,4)5)20-17(21)14(19)10-22-6;/h7-9,14-15H,10-11,19H2,1-6H3,(H,20,21);1H. The Balaban J connectivity index is 0.00000529. The van der Waals surface area contributed by atoms with Gasteiger partial charge < -0.3 is 20.5 Å². The van der Waals surface area contributed by atoms with E-state index in [4.69, 9.17) is 15.2 Å². The molecule has 1 aromatic carbocycles. The Kier molecular flexibility index (Phi) is 9.33. The van der Waals surface area contributed by atoms with Crippen molar-refractivity contribution in [1.29, 1.82) is 0 Å². The number of aryl methyl sites for hydroxylation is 2. The number of nitrogens with two attached hydrogens (primary N) is 1. The van der Waals surface area contributed by atoms with E-state index in [1.165, 1.54) is 7.11 Å². The van der Waals surface area contributed by atoms with Gasteiger partial charge in [0.05, 0.1) is 12.6 Å². The minimum atomic E-state index is -0.676. The zero-order chi connectivity index (χ0) is 17.6. The quantitative estimate of drug-likeness (QED) is 0.785. The molecule has 0 fully saturated rings. The predicted molar refractivity (Wildman–Crippen MR) is 99.9 cm³/mol. The Labute approximate surface area is 151 Å². The van der Waals surface area contributed by atoms with E-state index in [2.05, 4.69) is 26.1 Å². The Morgan fingerprint density at radius 2 is 1.75 bits per heavy atom. The maximum atomic E-state index is 12.2. The summed E-state index contributed by atoms with van der Waals surface area (Å²) in [6.45, 7) is 10.8. The molecule has 3 N–H and O–H groups in total. The van der Waals surface area contributed by atoms with Crippen molar-refractivity contribution in [3.8, 4) is 5.75 Å². The molecule has 1 aromatic rings. The summed E-state index contributed by atoms with van der Waals surface area (Å²) in [6, 6.07) is 5.20. The molecule has 6 heteroatoms. The van der Waals surface area contributed by atoms with E-state index < -0.39 is 6.04 Å². The first kappa shape index (κ1) is 22.7. The van der Waals surface area contributed by atoms with Crippen LogP contribution in [0.1, 0.15) is 31.9 Å². The second-order valence-corrected chi connectivity index (χ2v) is 7.02. The average Bonchev–Trinajstić information content (AvgIpc) is 2.44. The number of nitrogens with one attached hydrogen (secondary N) is 1. The number of hydrogen-bond donors (Lipinski definition) is 2. The number of halogens is 1. The van der Waals surface area contributed by atoms with Gasteiger partial charge >= 0.3 is 0 Å². The fraction of sp³-hybridized carbons (Fsp3) is 0.611. The van der Waals surface area contributed by atoms with Crippen molar-refractivity contribution < 1.29 is 14.3 Å². The van der Waals surface area contributed by atoms with Gasteiger partial charge in [0.2, 0.25) is 5.91 Å². The molecule has 0 spiro atoms. The molecule has 0 saturated heterocycles. The third-order valence-corrected chi connectivity index (χ3v) is 3.85. The van der Waals surface area contributed by atoms with Gasteiger partial charge in [-0.25, -0.2) is 0 Å². The maximum absolute atomic E-state index is 12.2. The van der Waals surface area contributed by atoms with E-state index in [0.29, 0.717) is 6.61 Å². The number of carbonyl (C=O) groups is 1. The first-order chi connectivity index (χ1) is 10.7. The highest BCUT2D eigenvalue weighted by molar-refractivity contribution is 5.85. The summed E-state index contributed by atoms with van der Waals surface area (Å²) in [5, 5.41) is 2.98. The van der Waals surface area contributed by atoms with E-state index in [1.807, 2.05) is 32.0 Å². The molecule has 0 heterocycles. The number of hydrogen-bond acceptors (Lipinski definition) is 4. The Morgan fingerprint density at radius 3 is 2.21 bits per heavy atom. The van der Waals surface area contributed by atoms with Crippen LogP contribution in [0.5, 0.6) is 5.75 Å². The molecule has 2 atom stereocenters. The maximum Gasteiger partial charge on any atom is 0.239 e. The van der Waals surface area contributed by atoms with Gasteiger partial charge in [-0.3, -0.25) is 4.79 Å². The van der Waals surface area contributed by atoms with Crippen LogP contribution in [0.4, 0.5) is 0 Å². The molecule has 1 rings (SSSR count). The van der Waals surface area contributed by atoms with Crippen molar-refractivity contribution in [2.45, 2.75) is 46.7 Å². The first-order valence-corrected chi connectivity index (χ1v) is 7.90. The topological polar surface area (TPSA) is 73.6 Å². The van der Waals surface area contributed by atoms with Gasteiger partial charge in [0.15, 0.2) is 0 Å². The lowest BCUT2D eigenvalue weighted by atomic mass is 9.87. The lowest BCUT2D eigenvalue weighted by Crippen LogP contribution is -2.53. The number of benzene rings is 1. The smallest absolute Gasteiger partial charge is 0.239 e. The van der Waals surface area contributed by atoms with Crippen LogP contribution in [0.2, 0.25) is 0 Å². The number of carbonyl (C=O) groups excluding carboxylic acids is 1. The van der Waals surface area contributed by atoms with E-state index in [-0.39, 0.29) is 36.4 Å². The molecule has 0 bridgehead atoms. The number of methoxy groups -OCH3 is 1. The molecule has 24 heavy (non-hydrogen) atoms. The summed E-state index contributed by atoms with van der Waals surface area (Å²) in [4.78, 5) is 12.2. The van der Waals surface area contributed by atoms with Gasteiger partial charge in [0.1, 0.15) is 18.4 Å². The first-order valence-electron chi connectivity index (χ1n) is 7.90. The number of ether oxygens (including phenoxy) is 2. The Morgan fingerprint density at radius 1 is 1.21 bits per heavy atom. The molecule has 0 saturated carbocycles. The summed E-state index contributed by atoms with van der Waals surface area (Å²) >= 11 is 0. The van der Waals surface area contributed by atoms with Gasteiger partial charge in [-0.1, -0.05) is 39.0 Å². The number of rotatable bonds is 7. The molecule has 138 valence electrons. The highest BCUT2D eigenvalue weighted by atomic mass is 35.5. The molecule has 2 unspecified atom stereocenters. The second kappa shape index (κ2) is 9.87. The van der Waals surface area contributed by atoms with Crippen LogP contribution in [-0.2, 0) is 9.53 Å². The monoisotopic (exact) mass is 358 g/mol. The third-order valence-electron chi connectivity index (χ3n) is 3.85. The van der Waals surface area contributed by atoms with E-state index in [1.54, 1.807) is 0 Å². The van der Waals surface area contributed by atoms with Crippen LogP contribution in [0.25, 0.3) is 0 Å². The molecule has 0 aliphatic carbocycles. The molecule has 0 aliphatic heterocycles. The van der Waals surface area contributed by atoms with E-state index >= 15 is 0 Å². The SMILES string of the molecule is COCC(N)C(=O)NC(COc1c(C)cccc1C)C(C)(C)C.Cl. The minimum Gasteiger partial charge on any atom is -0.491 e. The van der Waals surface area contributed by atoms with Crippen LogP contribution in [0.15, 0.2) is 18.2 Å². The van der Waals surface area contributed by atoms with Gasteiger partial charge in [0, 0.05) is 7.11 Å². The molecule has 0 aromatic heterocycles.